The Labute approximate surface area is 122 Å². The van der Waals surface area contributed by atoms with E-state index in [1.807, 2.05) is 0 Å². The van der Waals surface area contributed by atoms with E-state index in [0.29, 0.717) is 6.04 Å². The molecule has 1 aromatic rings. The fourth-order valence-electron chi connectivity index (χ4n) is 2.75. The van der Waals surface area contributed by atoms with Crippen LogP contribution in [-0.4, -0.2) is 6.54 Å². The number of halogens is 1. The molecule has 0 saturated carbocycles. The Kier molecular flexibility index (Phi) is 5.47. The Morgan fingerprint density at radius 2 is 2.16 bits per heavy atom. The first-order chi connectivity index (χ1) is 9.24. The topological polar surface area (TPSA) is 12.0 Å². The van der Waals surface area contributed by atoms with Crippen molar-refractivity contribution in [2.24, 2.45) is 0 Å². The number of hydrogen-bond donors (Lipinski definition) is 1. The molecule has 0 aromatic heterocycles. The Balaban J connectivity index is 2.30. The highest BCUT2D eigenvalue weighted by molar-refractivity contribution is 6.32. The second kappa shape index (κ2) is 7.12. The second-order valence-electron chi connectivity index (χ2n) is 5.39. The molecular weight excluding hydrogens is 254 g/mol. The van der Waals surface area contributed by atoms with Crippen LogP contribution in [-0.2, 0) is 0 Å². The summed E-state index contributed by atoms with van der Waals surface area (Å²) >= 11 is 6.52. The maximum Gasteiger partial charge on any atom is 0.0550 e. The van der Waals surface area contributed by atoms with Gasteiger partial charge in [-0.05, 0) is 56.7 Å². The van der Waals surface area contributed by atoms with Crippen molar-refractivity contribution in [1.82, 2.24) is 5.32 Å². The smallest absolute Gasteiger partial charge is 0.0550 e. The third-order valence-corrected chi connectivity index (χ3v) is 4.34. The van der Waals surface area contributed by atoms with E-state index in [1.54, 1.807) is 0 Å². The van der Waals surface area contributed by atoms with Crippen molar-refractivity contribution in [1.29, 1.82) is 0 Å². The predicted molar refractivity (Wildman–Crippen MR) is 83.8 cm³/mol. The highest BCUT2D eigenvalue weighted by Gasteiger charge is 2.20. The number of rotatable bonds is 5. The number of allylic oxidation sites excluding steroid dienone is 1. The van der Waals surface area contributed by atoms with Gasteiger partial charge in [0.15, 0.2) is 0 Å². The van der Waals surface area contributed by atoms with Crippen molar-refractivity contribution < 1.29 is 0 Å². The van der Waals surface area contributed by atoms with Crippen LogP contribution in [0.2, 0.25) is 5.02 Å². The standard InChI is InChI=1S/C17H24ClN/c1-3-12-19-17(14-9-5-4-6-10-14)15-11-7-8-13(2)16(15)18/h7-9,11,17,19H,3-6,10,12H2,1-2H3. The van der Waals surface area contributed by atoms with Gasteiger partial charge in [0, 0.05) is 5.02 Å². The molecule has 2 heteroatoms. The van der Waals surface area contributed by atoms with Gasteiger partial charge >= 0.3 is 0 Å². The largest absolute Gasteiger partial charge is 0.306 e. The normalized spacial score (nSPS) is 17.1. The van der Waals surface area contributed by atoms with Crippen molar-refractivity contribution in [3.63, 3.8) is 0 Å². The summed E-state index contributed by atoms with van der Waals surface area (Å²) in [5.74, 6) is 0. The molecule has 0 heterocycles. The van der Waals surface area contributed by atoms with E-state index in [9.17, 15) is 0 Å². The van der Waals surface area contributed by atoms with E-state index in [2.05, 4.69) is 43.4 Å². The van der Waals surface area contributed by atoms with Gasteiger partial charge in [0.2, 0.25) is 0 Å². The number of benzene rings is 1. The van der Waals surface area contributed by atoms with Crippen LogP contribution in [0.25, 0.3) is 0 Å². The minimum absolute atomic E-state index is 0.299. The van der Waals surface area contributed by atoms with E-state index in [4.69, 9.17) is 11.6 Å². The van der Waals surface area contributed by atoms with Crippen molar-refractivity contribution in [3.05, 3.63) is 46.0 Å². The minimum Gasteiger partial charge on any atom is -0.306 e. The summed E-state index contributed by atoms with van der Waals surface area (Å²) in [4.78, 5) is 0. The molecule has 0 saturated heterocycles. The van der Waals surface area contributed by atoms with Crippen molar-refractivity contribution in [3.8, 4) is 0 Å². The zero-order valence-electron chi connectivity index (χ0n) is 12.0. The fourth-order valence-corrected chi connectivity index (χ4v) is 2.98. The first kappa shape index (κ1) is 14.6. The molecule has 0 bridgehead atoms. The highest BCUT2D eigenvalue weighted by atomic mass is 35.5. The van der Waals surface area contributed by atoms with Crippen molar-refractivity contribution >= 4 is 11.6 Å². The first-order valence-electron chi connectivity index (χ1n) is 7.41. The molecule has 0 fully saturated rings. The number of hydrogen-bond acceptors (Lipinski definition) is 1. The van der Waals surface area contributed by atoms with Crippen LogP contribution < -0.4 is 5.32 Å². The van der Waals surface area contributed by atoms with Crippen molar-refractivity contribution in [2.45, 2.75) is 52.0 Å². The minimum atomic E-state index is 0.299. The summed E-state index contributed by atoms with van der Waals surface area (Å²) < 4.78 is 0. The van der Waals surface area contributed by atoms with Crippen LogP contribution >= 0.6 is 11.6 Å². The summed E-state index contributed by atoms with van der Waals surface area (Å²) in [6, 6.07) is 6.66. The van der Waals surface area contributed by atoms with Crippen LogP contribution in [0.3, 0.4) is 0 Å². The highest BCUT2D eigenvalue weighted by Crippen LogP contribution is 2.34. The van der Waals surface area contributed by atoms with E-state index < -0.39 is 0 Å². The van der Waals surface area contributed by atoms with Gasteiger partial charge in [-0.25, -0.2) is 0 Å². The van der Waals surface area contributed by atoms with Crippen LogP contribution in [0.1, 0.15) is 56.2 Å². The summed E-state index contributed by atoms with van der Waals surface area (Å²) in [6.07, 6.45) is 8.60. The van der Waals surface area contributed by atoms with Gasteiger partial charge in [-0.2, -0.15) is 0 Å². The number of nitrogens with one attached hydrogen (secondary N) is 1. The lowest BCUT2D eigenvalue weighted by Crippen LogP contribution is -2.25. The SMILES string of the molecule is CCCNC(C1=CCCCC1)c1cccc(C)c1Cl. The summed E-state index contributed by atoms with van der Waals surface area (Å²) in [5, 5.41) is 4.59. The van der Waals surface area contributed by atoms with Gasteiger partial charge in [-0.1, -0.05) is 48.4 Å². The molecule has 0 spiro atoms. The summed E-state index contributed by atoms with van der Waals surface area (Å²) in [6.45, 7) is 5.32. The van der Waals surface area contributed by atoms with Gasteiger partial charge in [0.1, 0.15) is 0 Å². The molecule has 1 nitrogen and oxygen atoms in total. The molecule has 0 radical (unpaired) electrons. The van der Waals surface area contributed by atoms with Crippen LogP contribution in [0, 0.1) is 6.92 Å². The molecule has 0 aliphatic heterocycles. The van der Waals surface area contributed by atoms with Gasteiger partial charge in [-0.15, -0.1) is 0 Å². The van der Waals surface area contributed by atoms with E-state index in [0.717, 1.165) is 18.0 Å². The lowest BCUT2D eigenvalue weighted by molar-refractivity contribution is 0.546. The lowest BCUT2D eigenvalue weighted by Gasteiger charge is -2.26. The maximum absolute atomic E-state index is 6.52. The van der Waals surface area contributed by atoms with Gasteiger partial charge in [0.25, 0.3) is 0 Å². The molecule has 1 atom stereocenters. The summed E-state index contributed by atoms with van der Waals surface area (Å²) in [7, 11) is 0. The molecule has 1 aliphatic carbocycles. The quantitative estimate of drug-likeness (QED) is 0.731. The van der Waals surface area contributed by atoms with Gasteiger partial charge < -0.3 is 5.32 Å². The molecule has 104 valence electrons. The van der Waals surface area contributed by atoms with E-state index in [-0.39, 0.29) is 0 Å². The second-order valence-corrected chi connectivity index (χ2v) is 5.77. The lowest BCUT2D eigenvalue weighted by atomic mass is 9.89. The zero-order valence-corrected chi connectivity index (χ0v) is 12.8. The Hall–Kier alpha value is -0.790. The molecule has 1 unspecified atom stereocenters. The fraction of sp³-hybridized carbons (Fsp3) is 0.529. The van der Waals surface area contributed by atoms with Crippen LogP contribution in [0.4, 0.5) is 0 Å². The Bertz CT molecular complexity index is 451. The molecule has 2 rings (SSSR count). The monoisotopic (exact) mass is 277 g/mol. The van der Waals surface area contributed by atoms with E-state index in [1.165, 1.54) is 42.4 Å². The average Bonchev–Trinajstić information content (AvgIpc) is 2.45. The molecule has 0 amide bonds. The molecule has 1 aliphatic rings. The number of aryl methyl sites for hydroxylation is 1. The van der Waals surface area contributed by atoms with Crippen LogP contribution in [0.15, 0.2) is 29.8 Å². The molecular formula is C17H24ClN. The summed E-state index contributed by atoms with van der Waals surface area (Å²) in [5.41, 5.74) is 3.93. The third kappa shape index (κ3) is 3.61. The predicted octanol–water partition coefficient (Wildman–Crippen LogP) is 5.19. The third-order valence-electron chi connectivity index (χ3n) is 3.83. The molecule has 1 aromatic carbocycles. The maximum atomic E-state index is 6.52. The van der Waals surface area contributed by atoms with Crippen LogP contribution in [0.5, 0.6) is 0 Å². The average molecular weight is 278 g/mol. The molecule has 1 N–H and O–H groups in total. The van der Waals surface area contributed by atoms with E-state index >= 15 is 0 Å². The Morgan fingerprint density at radius 3 is 2.84 bits per heavy atom. The van der Waals surface area contributed by atoms with Gasteiger partial charge in [-0.3, -0.25) is 0 Å². The zero-order chi connectivity index (χ0) is 13.7. The Morgan fingerprint density at radius 1 is 1.32 bits per heavy atom. The molecule has 19 heavy (non-hydrogen) atoms. The van der Waals surface area contributed by atoms with Gasteiger partial charge in [0.05, 0.1) is 6.04 Å². The first-order valence-corrected chi connectivity index (χ1v) is 7.79. The van der Waals surface area contributed by atoms with Crippen molar-refractivity contribution in [2.75, 3.05) is 6.54 Å².